The van der Waals surface area contributed by atoms with Gasteiger partial charge in [0.1, 0.15) is 11.3 Å². The van der Waals surface area contributed by atoms with Crippen LogP contribution in [0.15, 0.2) is 69.9 Å². The van der Waals surface area contributed by atoms with Crippen LogP contribution in [0.1, 0.15) is 29.0 Å². The molecule has 3 aromatic carbocycles. The van der Waals surface area contributed by atoms with Crippen molar-refractivity contribution in [1.82, 2.24) is 5.32 Å². The smallest absolute Gasteiger partial charge is 0.343 e. The Balaban J connectivity index is 1.32. The van der Waals surface area contributed by atoms with Crippen molar-refractivity contribution in [3.63, 3.8) is 0 Å². The lowest BCUT2D eigenvalue weighted by atomic mass is 9.87. The Morgan fingerprint density at radius 2 is 1.58 bits per heavy atom. The van der Waals surface area contributed by atoms with Crippen molar-refractivity contribution in [2.24, 2.45) is 0 Å². The second-order valence-electron chi connectivity index (χ2n) is 8.48. The third kappa shape index (κ3) is 3.94. The molecule has 182 valence electrons. The zero-order chi connectivity index (χ0) is 24.6. The highest BCUT2D eigenvalue weighted by atomic mass is 16.7. The van der Waals surface area contributed by atoms with E-state index in [9.17, 15) is 14.7 Å². The van der Waals surface area contributed by atoms with Crippen LogP contribution in [0.4, 0.5) is 0 Å². The number of para-hydroxylation sites is 1. The fourth-order valence-electron chi connectivity index (χ4n) is 4.48. The van der Waals surface area contributed by atoms with Gasteiger partial charge in [-0.15, -0.1) is 0 Å². The number of carbonyl (C=O) groups is 1. The molecule has 9 nitrogen and oxygen atoms in total. The lowest BCUT2D eigenvalue weighted by Gasteiger charge is -2.19. The lowest BCUT2D eigenvalue weighted by molar-refractivity contribution is -0.121. The van der Waals surface area contributed by atoms with Gasteiger partial charge in [0.15, 0.2) is 23.0 Å². The third-order valence-corrected chi connectivity index (χ3v) is 6.28. The normalized spacial score (nSPS) is 14.1. The number of aromatic hydroxyl groups is 1. The van der Waals surface area contributed by atoms with Gasteiger partial charge in [-0.2, -0.15) is 0 Å². The van der Waals surface area contributed by atoms with E-state index in [0.29, 0.717) is 33.9 Å². The number of hydrogen-bond donors (Lipinski definition) is 2. The predicted octanol–water partition coefficient (Wildman–Crippen LogP) is 3.79. The maximum Gasteiger partial charge on any atom is 0.343 e. The molecule has 0 fully saturated rings. The minimum absolute atomic E-state index is 0.00537. The zero-order valence-corrected chi connectivity index (χ0v) is 19.0. The summed E-state index contributed by atoms with van der Waals surface area (Å²) in [4.78, 5) is 26.1. The number of hydrogen-bond acceptors (Lipinski definition) is 8. The number of benzene rings is 3. The summed E-state index contributed by atoms with van der Waals surface area (Å²) in [5.74, 6) is 1.03. The van der Waals surface area contributed by atoms with Crippen LogP contribution < -0.4 is 29.9 Å². The van der Waals surface area contributed by atoms with Crippen LogP contribution in [0.25, 0.3) is 11.0 Å². The Labute approximate surface area is 204 Å². The number of fused-ring (bicyclic) bond motifs is 3. The zero-order valence-electron chi connectivity index (χ0n) is 19.0. The van der Waals surface area contributed by atoms with Gasteiger partial charge in [-0.25, -0.2) is 4.79 Å². The summed E-state index contributed by atoms with van der Waals surface area (Å²) in [5.41, 5.74) is 0.999. The molecule has 0 bridgehead atoms. The molecule has 0 spiro atoms. The second-order valence-corrected chi connectivity index (χ2v) is 8.48. The Morgan fingerprint density at radius 1 is 0.889 bits per heavy atom. The summed E-state index contributed by atoms with van der Waals surface area (Å²) in [7, 11) is 0. The first kappa shape index (κ1) is 21.8. The molecule has 6 rings (SSSR count). The molecule has 0 aliphatic carbocycles. The molecule has 1 aromatic heterocycles. The predicted molar refractivity (Wildman–Crippen MR) is 128 cm³/mol. The molecule has 4 aromatic rings. The van der Waals surface area contributed by atoms with Crippen LogP contribution in [-0.4, -0.2) is 24.6 Å². The van der Waals surface area contributed by atoms with Crippen molar-refractivity contribution in [3.05, 3.63) is 87.8 Å². The van der Waals surface area contributed by atoms with Gasteiger partial charge >= 0.3 is 5.63 Å². The van der Waals surface area contributed by atoms with Gasteiger partial charge in [-0.3, -0.25) is 4.79 Å². The van der Waals surface area contributed by atoms with Crippen molar-refractivity contribution in [2.45, 2.75) is 18.9 Å². The van der Waals surface area contributed by atoms with E-state index in [2.05, 4.69) is 5.32 Å². The van der Waals surface area contributed by atoms with Gasteiger partial charge < -0.3 is 33.8 Å². The maximum atomic E-state index is 13.1. The highest BCUT2D eigenvalue weighted by molar-refractivity contribution is 5.85. The molecule has 1 amide bonds. The van der Waals surface area contributed by atoms with Crippen molar-refractivity contribution >= 4 is 16.9 Å². The van der Waals surface area contributed by atoms with Gasteiger partial charge in [-0.05, 0) is 47.5 Å². The molecule has 3 heterocycles. The minimum Gasteiger partial charge on any atom is -0.507 e. The monoisotopic (exact) mass is 487 g/mol. The highest BCUT2D eigenvalue weighted by Crippen LogP contribution is 2.40. The van der Waals surface area contributed by atoms with Crippen molar-refractivity contribution in [3.8, 4) is 28.7 Å². The number of carbonyl (C=O) groups excluding carboxylic acids is 1. The topological polar surface area (TPSA) is 116 Å². The van der Waals surface area contributed by atoms with E-state index in [1.807, 2.05) is 12.1 Å². The van der Waals surface area contributed by atoms with Crippen molar-refractivity contribution in [2.75, 3.05) is 13.6 Å². The minimum atomic E-state index is -0.794. The summed E-state index contributed by atoms with van der Waals surface area (Å²) in [6.07, 6.45) is -0.110. The number of amides is 1. The van der Waals surface area contributed by atoms with E-state index in [1.165, 1.54) is 0 Å². The van der Waals surface area contributed by atoms with Crippen LogP contribution in [0, 0.1) is 0 Å². The second kappa shape index (κ2) is 8.84. The molecule has 0 radical (unpaired) electrons. The first-order valence-corrected chi connectivity index (χ1v) is 11.4. The molecular weight excluding hydrogens is 466 g/mol. The van der Waals surface area contributed by atoms with Crippen molar-refractivity contribution < 1.29 is 33.3 Å². The lowest BCUT2D eigenvalue weighted by Crippen LogP contribution is -2.26. The van der Waals surface area contributed by atoms with Gasteiger partial charge in [-0.1, -0.05) is 24.3 Å². The summed E-state index contributed by atoms with van der Waals surface area (Å²) in [6.45, 7) is 0.505. The summed E-state index contributed by atoms with van der Waals surface area (Å²) < 4.78 is 27.1. The molecule has 2 aliphatic rings. The maximum absolute atomic E-state index is 13.1. The number of ether oxygens (including phenoxy) is 4. The van der Waals surface area contributed by atoms with E-state index < -0.39 is 11.5 Å². The number of rotatable bonds is 6. The van der Waals surface area contributed by atoms with Crippen molar-refractivity contribution in [1.29, 1.82) is 0 Å². The molecular formula is C27H21NO8. The molecule has 2 aliphatic heterocycles. The quantitative estimate of drug-likeness (QED) is 0.395. The standard InChI is InChI=1S/C27H21NO8/c29-24(28-12-15-5-7-20-22(9-15)34-13-32-20)11-18(16-6-8-21-23(10-16)35-14-33-21)25-26(30)17-3-1-2-4-19(17)36-27(25)31/h1-10,18,30H,11-14H2,(H,28,29)/t18-/m0/s1. The average molecular weight is 487 g/mol. The van der Waals surface area contributed by atoms with Crippen LogP contribution in [-0.2, 0) is 11.3 Å². The van der Waals surface area contributed by atoms with Crippen LogP contribution in [0.5, 0.6) is 28.7 Å². The Kier molecular flexibility index (Phi) is 5.37. The molecule has 0 saturated carbocycles. The van der Waals surface area contributed by atoms with Gasteiger partial charge in [0.05, 0.1) is 10.9 Å². The van der Waals surface area contributed by atoms with E-state index in [-0.39, 0.29) is 49.4 Å². The van der Waals surface area contributed by atoms with Crippen LogP contribution in [0.2, 0.25) is 0 Å². The Morgan fingerprint density at radius 3 is 2.39 bits per heavy atom. The first-order chi connectivity index (χ1) is 17.6. The summed E-state index contributed by atoms with van der Waals surface area (Å²) >= 11 is 0. The molecule has 36 heavy (non-hydrogen) atoms. The number of nitrogens with one attached hydrogen (secondary N) is 1. The molecule has 9 heteroatoms. The SMILES string of the molecule is O=C(C[C@@H](c1ccc2c(c1)OCO2)c1c(O)c2ccccc2oc1=O)NCc1ccc2c(c1)OCO2. The first-order valence-electron chi connectivity index (χ1n) is 11.4. The summed E-state index contributed by atoms with van der Waals surface area (Å²) in [6, 6.07) is 17.3. The van der Waals surface area contributed by atoms with Gasteiger partial charge in [0, 0.05) is 18.9 Å². The van der Waals surface area contributed by atoms with Gasteiger partial charge in [0.2, 0.25) is 19.5 Å². The third-order valence-electron chi connectivity index (χ3n) is 6.28. The fraction of sp³-hybridized carbons (Fsp3) is 0.185. The Hall–Kier alpha value is -4.66. The Bertz CT molecular complexity index is 1540. The highest BCUT2D eigenvalue weighted by Gasteiger charge is 2.28. The summed E-state index contributed by atoms with van der Waals surface area (Å²) in [5, 5.41) is 14.4. The fourth-order valence-corrected chi connectivity index (χ4v) is 4.48. The molecule has 1 atom stereocenters. The van der Waals surface area contributed by atoms with E-state index in [0.717, 1.165) is 5.56 Å². The van der Waals surface area contributed by atoms with E-state index in [4.69, 9.17) is 23.4 Å². The van der Waals surface area contributed by atoms with E-state index in [1.54, 1.807) is 48.5 Å². The largest absolute Gasteiger partial charge is 0.507 e. The molecule has 0 unspecified atom stereocenters. The van der Waals surface area contributed by atoms with Crippen LogP contribution >= 0.6 is 0 Å². The van der Waals surface area contributed by atoms with E-state index >= 15 is 0 Å². The van der Waals surface area contributed by atoms with Crippen LogP contribution in [0.3, 0.4) is 0 Å². The molecule has 0 saturated heterocycles. The molecule has 2 N–H and O–H groups in total. The average Bonchev–Trinajstić information content (AvgIpc) is 3.55. The van der Waals surface area contributed by atoms with Gasteiger partial charge in [0.25, 0.3) is 0 Å².